The summed E-state index contributed by atoms with van der Waals surface area (Å²) in [6.07, 6.45) is 7.03. The average Bonchev–Trinajstić information content (AvgIpc) is 2.47. The van der Waals surface area contributed by atoms with Crippen molar-refractivity contribution in [2.24, 2.45) is 0 Å². The van der Waals surface area contributed by atoms with Gasteiger partial charge in [-0.1, -0.05) is 21.9 Å². The number of pyridine rings is 1. The first kappa shape index (κ1) is 15.9. The van der Waals surface area contributed by atoms with E-state index in [0.29, 0.717) is 6.54 Å². The Kier molecular flexibility index (Phi) is 5.66. The summed E-state index contributed by atoms with van der Waals surface area (Å²) in [4.78, 5) is 4.27. The van der Waals surface area contributed by atoms with Gasteiger partial charge in [0, 0.05) is 16.6 Å². The van der Waals surface area contributed by atoms with Crippen LogP contribution < -0.4 is 10.1 Å². The van der Waals surface area contributed by atoms with Crippen LogP contribution in [0.3, 0.4) is 0 Å². The predicted octanol–water partition coefficient (Wildman–Crippen LogP) is 4.54. The monoisotopic (exact) mass is 408 g/mol. The molecule has 1 heterocycles. The van der Waals surface area contributed by atoms with Gasteiger partial charge in [-0.2, -0.15) is 0 Å². The van der Waals surface area contributed by atoms with Crippen molar-refractivity contribution in [1.29, 1.82) is 0 Å². The topological polar surface area (TPSA) is 34.1 Å². The second kappa shape index (κ2) is 7.48. The minimum Gasteiger partial charge on any atom is -0.481 e. The molecule has 0 amide bonds. The molecule has 1 aromatic carbocycles. The maximum Gasteiger partial charge on any atom is 0.148 e. The smallest absolute Gasteiger partial charge is 0.148 e. The quantitative estimate of drug-likeness (QED) is 0.581. The van der Waals surface area contributed by atoms with Gasteiger partial charge in [0.2, 0.25) is 0 Å². The van der Waals surface area contributed by atoms with Crippen LogP contribution in [0.5, 0.6) is 5.75 Å². The first-order valence-corrected chi connectivity index (χ1v) is 7.89. The zero-order chi connectivity index (χ0) is 15.2. The largest absolute Gasteiger partial charge is 0.481 e. The zero-order valence-electron chi connectivity index (χ0n) is 11.5. The van der Waals surface area contributed by atoms with E-state index in [1.807, 2.05) is 31.2 Å². The molecule has 0 radical (unpaired) electrons. The number of nitrogens with one attached hydrogen (secondary N) is 1. The Hall–Kier alpha value is -1.51. The molecular formula is C16H14Br2N2O. The first-order valence-electron chi connectivity index (χ1n) is 6.31. The van der Waals surface area contributed by atoms with Crippen molar-refractivity contribution in [1.82, 2.24) is 4.98 Å². The summed E-state index contributed by atoms with van der Waals surface area (Å²) in [6.45, 7) is 2.89. The van der Waals surface area contributed by atoms with Crippen LogP contribution in [0.25, 0.3) is 0 Å². The van der Waals surface area contributed by atoms with Crippen LogP contribution in [-0.4, -0.2) is 11.6 Å². The van der Waals surface area contributed by atoms with Gasteiger partial charge in [-0.3, -0.25) is 0 Å². The SMILES string of the molecule is C#CCOc1ccc(Br)cc1CNc1cnc(Br)c(C)c1. The van der Waals surface area contributed by atoms with E-state index in [1.165, 1.54) is 0 Å². The van der Waals surface area contributed by atoms with E-state index in [2.05, 4.69) is 48.1 Å². The molecule has 0 atom stereocenters. The highest BCUT2D eigenvalue weighted by Gasteiger charge is 2.05. The number of benzene rings is 1. The summed E-state index contributed by atoms with van der Waals surface area (Å²) in [5.74, 6) is 3.26. The van der Waals surface area contributed by atoms with Gasteiger partial charge >= 0.3 is 0 Å². The van der Waals surface area contributed by atoms with Gasteiger partial charge in [0.25, 0.3) is 0 Å². The third-order valence-electron chi connectivity index (χ3n) is 2.83. The Morgan fingerprint density at radius 1 is 1.33 bits per heavy atom. The van der Waals surface area contributed by atoms with Gasteiger partial charge in [0.15, 0.2) is 0 Å². The van der Waals surface area contributed by atoms with E-state index >= 15 is 0 Å². The molecular weight excluding hydrogens is 396 g/mol. The third kappa shape index (κ3) is 4.48. The summed E-state index contributed by atoms with van der Waals surface area (Å²) < 4.78 is 7.41. The van der Waals surface area contributed by atoms with E-state index in [1.54, 1.807) is 6.20 Å². The Bertz CT molecular complexity index is 680. The van der Waals surface area contributed by atoms with Crippen molar-refractivity contribution >= 4 is 37.5 Å². The number of hydrogen-bond donors (Lipinski definition) is 1. The van der Waals surface area contributed by atoms with Crippen LogP contribution in [0.2, 0.25) is 0 Å². The number of rotatable bonds is 5. The molecule has 3 nitrogen and oxygen atoms in total. The summed E-state index contributed by atoms with van der Waals surface area (Å²) in [5, 5.41) is 3.34. The molecule has 0 saturated carbocycles. The number of aryl methyl sites for hydroxylation is 1. The molecule has 1 aromatic heterocycles. The normalized spacial score (nSPS) is 10.0. The van der Waals surface area contributed by atoms with Crippen molar-refractivity contribution in [2.45, 2.75) is 13.5 Å². The van der Waals surface area contributed by atoms with Crippen molar-refractivity contribution in [2.75, 3.05) is 11.9 Å². The van der Waals surface area contributed by atoms with Crippen molar-refractivity contribution in [3.05, 3.63) is 50.7 Å². The second-order valence-electron chi connectivity index (χ2n) is 4.43. The van der Waals surface area contributed by atoms with Crippen LogP contribution in [0, 0.1) is 19.3 Å². The molecule has 0 aliphatic rings. The van der Waals surface area contributed by atoms with E-state index < -0.39 is 0 Å². The number of halogens is 2. The van der Waals surface area contributed by atoms with Crippen LogP contribution in [0.1, 0.15) is 11.1 Å². The lowest BCUT2D eigenvalue weighted by atomic mass is 10.2. The summed E-state index contributed by atoms with van der Waals surface area (Å²) >= 11 is 6.86. The highest BCUT2D eigenvalue weighted by atomic mass is 79.9. The molecule has 0 unspecified atom stereocenters. The van der Waals surface area contributed by atoms with Crippen LogP contribution in [0.4, 0.5) is 5.69 Å². The lowest BCUT2D eigenvalue weighted by molar-refractivity contribution is 0.366. The Labute approximate surface area is 141 Å². The molecule has 0 aliphatic heterocycles. The molecule has 2 aromatic rings. The second-order valence-corrected chi connectivity index (χ2v) is 6.10. The summed E-state index contributed by atoms with van der Waals surface area (Å²) in [6, 6.07) is 7.89. The number of anilines is 1. The standard InChI is InChI=1S/C16H14Br2N2O/c1-3-6-21-15-5-4-13(17)8-12(15)9-19-14-7-11(2)16(18)20-10-14/h1,4-5,7-8,10,19H,6,9H2,2H3. The molecule has 21 heavy (non-hydrogen) atoms. The molecule has 0 bridgehead atoms. The van der Waals surface area contributed by atoms with Crippen molar-refractivity contribution in [3.63, 3.8) is 0 Å². The number of terminal acetylenes is 1. The van der Waals surface area contributed by atoms with E-state index in [4.69, 9.17) is 11.2 Å². The van der Waals surface area contributed by atoms with Crippen molar-refractivity contribution in [3.8, 4) is 18.1 Å². The maximum atomic E-state index is 5.55. The fourth-order valence-corrected chi connectivity index (χ4v) is 2.42. The highest BCUT2D eigenvalue weighted by molar-refractivity contribution is 9.10. The number of aromatic nitrogens is 1. The Morgan fingerprint density at radius 2 is 2.14 bits per heavy atom. The molecule has 0 saturated heterocycles. The van der Waals surface area contributed by atoms with E-state index in [-0.39, 0.29) is 6.61 Å². The van der Waals surface area contributed by atoms with Gasteiger partial charge < -0.3 is 10.1 Å². The molecule has 2 rings (SSSR count). The van der Waals surface area contributed by atoms with Crippen LogP contribution >= 0.6 is 31.9 Å². The van der Waals surface area contributed by atoms with Gasteiger partial charge in [0.05, 0.1) is 11.9 Å². The lowest BCUT2D eigenvalue weighted by Crippen LogP contribution is -2.04. The highest BCUT2D eigenvalue weighted by Crippen LogP contribution is 2.25. The predicted molar refractivity (Wildman–Crippen MR) is 92.5 cm³/mol. The molecule has 1 N–H and O–H groups in total. The van der Waals surface area contributed by atoms with Gasteiger partial charge in [-0.15, -0.1) is 6.42 Å². The minimum absolute atomic E-state index is 0.258. The van der Waals surface area contributed by atoms with Crippen molar-refractivity contribution < 1.29 is 4.74 Å². The van der Waals surface area contributed by atoms with E-state index in [9.17, 15) is 0 Å². The molecule has 0 aliphatic carbocycles. The molecule has 0 spiro atoms. The number of hydrogen-bond acceptors (Lipinski definition) is 3. The Balaban J connectivity index is 2.13. The van der Waals surface area contributed by atoms with Gasteiger partial charge in [0.1, 0.15) is 17.0 Å². The maximum absolute atomic E-state index is 5.55. The molecule has 0 fully saturated rings. The Morgan fingerprint density at radius 3 is 2.86 bits per heavy atom. The third-order valence-corrected chi connectivity index (χ3v) is 4.15. The summed E-state index contributed by atoms with van der Waals surface area (Å²) in [5.41, 5.74) is 3.07. The van der Waals surface area contributed by atoms with Gasteiger partial charge in [-0.25, -0.2) is 4.98 Å². The fourth-order valence-electron chi connectivity index (χ4n) is 1.80. The summed E-state index contributed by atoms with van der Waals surface area (Å²) in [7, 11) is 0. The average molecular weight is 410 g/mol. The van der Waals surface area contributed by atoms with Crippen LogP contribution in [-0.2, 0) is 6.54 Å². The minimum atomic E-state index is 0.258. The lowest BCUT2D eigenvalue weighted by Gasteiger charge is -2.12. The number of ether oxygens (including phenoxy) is 1. The zero-order valence-corrected chi connectivity index (χ0v) is 14.7. The number of nitrogens with zero attached hydrogens (tertiary/aromatic N) is 1. The fraction of sp³-hybridized carbons (Fsp3) is 0.188. The van der Waals surface area contributed by atoms with Crippen LogP contribution in [0.15, 0.2) is 39.5 Å². The first-order chi connectivity index (χ1) is 10.1. The van der Waals surface area contributed by atoms with E-state index in [0.717, 1.165) is 31.6 Å². The van der Waals surface area contributed by atoms with Gasteiger partial charge in [-0.05, 0) is 52.7 Å². The molecule has 5 heteroatoms. The molecule has 108 valence electrons.